The summed E-state index contributed by atoms with van der Waals surface area (Å²) in [5.41, 5.74) is 1.86. The fourth-order valence-corrected chi connectivity index (χ4v) is 2.52. The van der Waals surface area contributed by atoms with E-state index in [0.29, 0.717) is 13.2 Å². The molecule has 3 rings (SSSR count). The smallest absolute Gasteiger partial charge is 0.168 e. The average Bonchev–Trinajstić information content (AvgIpc) is 2.76. The summed E-state index contributed by atoms with van der Waals surface area (Å²) in [6, 6.07) is 5.90. The maximum absolute atomic E-state index is 5.70. The van der Waals surface area contributed by atoms with Crippen LogP contribution in [-0.2, 0) is 0 Å². The summed E-state index contributed by atoms with van der Waals surface area (Å²) in [4.78, 5) is 0. The molecule has 1 aliphatic rings. The van der Waals surface area contributed by atoms with Crippen LogP contribution in [0.25, 0.3) is 11.3 Å². The van der Waals surface area contributed by atoms with E-state index in [9.17, 15) is 0 Å². The summed E-state index contributed by atoms with van der Waals surface area (Å²) in [5.74, 6) is 2.40. The minimum absolute atomic E-state index is 0.686. The lowest BCUT2D eigenvalue weighted by Crippen LogP contribution is -1.98. The van der Waals surface area contributed by atoms with Crippen molar-refractivity contribution in [3.8, 4) is 22.8 Å². The van der Waals surface area contributed by atoms with E-state index in [0.717, 1.165) is 41.5 Å². The van der Waals surface area contributed by atoms with E-state index in [2.05, 4.69) is 14.1 Å². The summed E-state index contributed by atoms with van der Waals surface area (Å²) in [6.45, 7) is 4.25. The normalized spacial score (nSPS) is 13.9. The van der Waals surface area contributed by atoms with E-state index in [1.807, 2.05) is 25.1 Å². The number of ether oxygens (including phenoxy) is 2. The molecule has 0 saturated carbocycles. The SMILES string of the molecule is CCNc1nsnc1-c1ccc2c(c1)OCCCO2. The summed E-state index contributed by atoms with van der Waals surface area (Å²) in [6.07, 6.45) is 0.908. The predicted molar refractivity (Wildman–Crippen MR) is 75.1 cm³/mol. The van der Waals surface area contributed by atoms with Gasteiger partial charge in [0.1, 0.15) is 5.69 Å². The molecule has 6 heteroatoms. The van der Waals surface area contributed by atoms with Crippen molar-refractivity contribution < 1.29 is 9.47 Å². The van der Waals surface area contributed by atoms with Gasteiger partial charge >= 0.3 is 0 Å². The Bertz CT molecular complexity index is 571. The second kappa shape index (κ2) is 5.44. The molecular weight excluding hydrogens is 262 g/mol. The highest BCUT2D eigenvalue weighted by Gasteiger charge is 2.15. The zero-order chi connectivity index (χ0) is 13.1. The standard InChI is InChI=1S/C13H15N3O2S/c1-2-14-13-12(15-19-16-13)9-4-5-10-11(8-9)18-7-3-6-17-10/h4-5,8H,2-3,6-7H2,1H3,(H,14,16). The van der Waals surface area contributed by atoms with Crippen molar-refractivity contribution >= 4 is 17.5 Å². The first-order chi connectivity index (χ1) is 9.38. The lowest BCUT2D eigenvalue weighted by atomic mass is 10.1. The number of anilines is 1. The van der Waals surface area contributed by atoms with Crippen LogP contribution < -0.4 is 14.8 Å². The molecule has 0 unspecified atom stereocenters. The maximum atomic E-state index is 5.70. The number of nitrogens with zero attached hydrogens (tertiary/aromatic N) is 2. The summed E-state index contributed by atoms with van der Waals surface area (Å²) < 4.78 is 19.9. The Hall–Kier alpha value is -1.82. The topological polar surface area (TPSA) is 56.3 Å². The van der Waals surface area contributed by atoms with Gasteiger partial charge in [0.05, 0.1) is 24.9 Å². The molecule has 1 aliphatic heterocycles. The molecule has 19 heavy (non-hydrogen) atoms. The first-order valence-electron chi connectivity index (χ1n) is 6.35. The molecule has 2 heterocycles. The van der Waals surface area contributed by atoms with E-state index in [-0.39, 0.29) is 0 Å². The number of benzene rings is 1. The molecule has 1 aromatic carbocycles. The Balaban J connectivity index is 1.97. The van der Waals surface area contributed by atoms with Crippen molar-refractivity contribution in [1.29, 1.82) is 0 Å². The Labute approximate surface area is 115 Å². The number of hydrogen-bond acceptors (Lipinski definition) is 6. The molecule has 0 saturated heterocycles. The molecule has 0 atom stereocenters. The molecule has 1 aromatic heterocycles. The van der Waals surface area contributed by atoms with Crippen LogP contribution in [0.5, 0.6) is 11.5 Å². The van der Waals surface area contributed by atoms with Gasteiger partial charge in [0.25, 0.3) is 0 Å². The van der Waals surface area contributed by atoms with Crippen LogP contribution in [0.1, 0.15) is 13.3 Å². The van der Waals surface area contributed by atoms with Crippen LogP contribution in [0.2, 0.25) is 0 Å². The van der Waals surface area contributed by atoms with Crippen LogP contribution in [0.4, 0.5) is 5.82 Å². The molecule has 1 N–H and O–H groups in total. The van der Waals surface area contributed by atoms with Gasteiger partial charge < -0.3 is 14.8 Å². The molecule has 0 radical (unpaired) electrons. The molecule has 0 aliphatic carbocycles. The Morgan fingerprint density at radius 3 is 2.89 bits per heavy atom. The Morgan fingerprint density at radius 1 is 1.21 bits per heavy atom. The lowest BCUT2D eigenvalue weighted by molar-refractivity contribution is 0.297. The molecule has 0 bridgehead atoms. The van der Waals surface area contributed by atoms with Gasteiger partial charge in [-0.05, 0) is 25.1 Å². The summed E-state index contributed by atoms with van der Waals surface area (Å²) >= 11 is 1.21. The lowest BCUT2D eigenvalue weighted by Gasteiger charge is -2.09. The molecule has 2 aromatic rings. The monoisotopic (exact) mass is 277 g/mol. The number of hydrogen-bond donors (Lipinski definition) is 1. The number of fused-ring (bicyclic) bond motifs is 1. The van der Waals surface area contributed by atoms with E-state index in [1.54, 1.807) is 0 Å². The quantitative estimate of drug-likeness (QED) is 0.935. The van der Waals surface area contributed by atoms with Crippen molar-refractivity contribution in [2.24, 2.45) is 0 Å². The second-order valence-corrected chi connectivity index (χ2v) is 4.73. The fraction of sp³-hybridized carbons (Fsp3) is 0.385. The molecule has 0 amide bonds. The fourth-order valence-electron chi connectivity index (χ4n) is 1.97. The van der Waals surface area contributed by atoms with Crippen molar-refractivity contribution in [3.63, 3.8) is 0 Å². The van der Waals surface area contributed by atoms with Crippen LogP contribution in [0, 0.1) is 0 Å². The van der Waals surface area contributed by atoms with Crippen molar-refractivity contribution in [3.05, 3.63) is 18.2 Å². The highest BCUT2D eigenvalue weighted by atomic mass is 32.1. The molecule has 5 nitrogen and oxygen atoms in total. The van der Waals surface area contributed by atoms with Crippen molar-refractivity contribution in [2.75, 3.05) is 25.1 Å². The third-order valence-corrected chi connectivity index (χ3v) is 3.38. The van der Waals surface area contributed by atoms with Gasteiger partial charge in [0, 0.05) is 18.5 Å². The van der Waals surface area contributed by atoms with Crippen LogP contribution in [0.15, 0.2) is 18.2 Å². The van der Waals surface area contributed by atoms with Crippen LogP contribution in [-0.4, -0.2) is 28.5 Å². The van der Waals surface area contributed by atoms with Crippen molar-refractivity contribution in [2.45, 2.75) is 13.3 Å². The first kappa shape index (κ1) is 12.2. The highest BCUT2D eigenvalue weighted by molar-refractivity contribution is 6.99. The van der Waals surface area contributed by atoms with Gasteiger partial charge in [0.15, 0.2) is 17.3 Å². The predicted octanol–water partition coefficient (Wildman–Crippen LogP) is 2.80. The zero-order valence-corrected chi connectivity index (χ0v) is 11.5. The maximum Gasteiger partial charge on any atom is 0.168 e. The second-order valence-electron chi connectivity index (χ2n) is 4.20. The van der Waals surface area contributed by atoms with E-state index in [1.165, 1.54) is 11.7 Å². The number of rotatable bonds is 3. The zero-order valence-electron chi connectivity index (χ0n) is 10.7. The molecule has 0 spiro atoms. The Morgan fingerprint density at radius 2 is 2.05 bits per heavy atom. The van der Waals surface area contributed by atoms with Crippen LogP contribution >= 0.6 is 11.7 Å². The third kappa shape index (κ3) is 2.49. The first-order valence-corrected chi connectivity index (χ1v) is 7.08. The number of nitrogens with one attached hydrogen (secondary N) is 1. The number of aromatic nitrogens is 2. The van der Waals surface area contributed by atoms with Gasteiger partial charge in [-0.25, -0.2) is 0 Å². The van der Waals surface area contributed by atoms with Gasteiger partial charge in [-0.15, -0.1) is 0 Å². The van der Waals surface area contributed by atoms with Gasteiger partial charge in [-0.1, -0.05) is 0 Å². The molecular formula is C13H15N3O2S. The average molecular weight is 277 g/mol. The molecule has 0 fully saturated rings. The van der Waals surface area contributed by atoms with Gasteiger partial charge in [0.2, 0.25) is 0 Å². The van der Waals surface area contributed by atoms with E-state index < -0.39 is 0 Å². The van der Waals surface area contributed by atoms with E-state index >= 15 is 0 Å². The minimum Gasteiger partial charge on any atom is -0.490 e. The van der Waals surface area contributed by atoms with Gasteiger partial charge in [-0.2, -0.15) is 8.75 Å². The summed E-state index contributed by atoms with van der Waals surface area (Å²) in [7, 11) is 0. The summed E-state index contributed by atoms with van der Waals surface area (Å²) in [5, 5.41) is 3.21. The van der Waals surface area contributed by atoms with Gasteiger partial charge in [-0.3, -0.25) is 0 Å². The van der Waals surface area contributed by atoms with Crippen LogP contribution in [0.3, 0.4) is 0 Å². The minimum atomic E-state index is 0.686. The largest absolute Gasteiger partial charge is 0.490 e. The van der Waals surface area contributed by atoms with E-state index in [4.69, 9.17) is 9.47 Å². The Kier molecular flexibility index (Phi) is 3.50. The highest BCUT2D eigenvalue weighted by Crippen LogP contribution is 2.35. The molecule has 100 valence electrons. The third-order valence-electron chi connectivity index (χ3n) is 2.85. The van der Waals surface area contributed by atoms with Crippen molar-refractivity contribution in [1.82, 2.24) is 8.75 Å².